The van der Waals surface area contributed by atoms with Crippen LogP contribution in [0.2, 0.25) is 0 Å². The summed E-state index contributed by atoms with van der Waals surface area (Å²) in [7, 11) is 0. The van der Waals surface area contributed by atoms with Gasteiger partial charge in [-0.15, -0.1) is 0 Å². The van der Waals surface area contributed by atoms with Gasteiger partial charge in [-0.2, -0.15) is 5.10 Å². The molecule has 4 aromatic rings. The van der Waals surface area contributed by atoms with Gasteiger partial charge in [0, 0.05) is 41.8 Å². The number of rotatable bonds is 9. The molecule has 0 saturated carbocycles. The highest BCUT2D eigenvalue weighted by molar-refractivity contribution is 5.75. The van der Waals surface area contributed by atoms with Crippen molar-refractivity contribution in [2.45, 2.75) is 79.6 Å². The maximum Gasteiger partial charge on any atom is 0.408 e. The van der Waals surface area contributed by atoms with E-state index in [1.54, 1.807) is 52.3 Å². The van der Waals surface area contributed by atoms with Crippen molar-refractivity contribution < 1.29 is 23.8 Å². The van der Waals surface area contributed by atoms with Crippen molar-refractivity contribution in [3.8, 4) is 16.9 Å². The van der Waals surface area contributed by atoms with Crippen molar-refractivity contribution in [2.75, 3.05) is 18.5 Å². The van der Waals surface area contributed by atoms with E-state index in [2.05, 4.69) is 36.0 Å². The van der Waals surface area contributed by atoms with Crippen molar-refractivity contribution in [1.82, 2.24) is 35.2 Å². The van der Waals surface area contributed by atoms with Gasteiger partial charge in [0.15, 0.2) is 5.82 Å². The van der Waals surface area contributed by atoms with E-state index in [-0.39, 0.29) is 13.2 Å². The van der Waals surface area contributed by atoms with Crippen LogP contribution in [0, 0.1) is 20.8 Å². The lowest BCUT2D eigenvalue weighted by atomic mass is 10.1. The van der Waals surface area contributed by atoms with E-state index in [1.165, 1.54) is 0 Å². The summed E-state index contributed by atoms with van der Waals surface area (Å²) < 4.78 is 18.8. The molecule has 1 atom stereocenters. The molecule has 3 N–H and O–H groups in total. The lowest BCUT2D eigenvalue weighted by Gasteiger charge is -2.25. The minimum absolute atomic E-state index is 0.0214. The molecule has 0 saturated heterocycles. The summed E-state index contributed by atoms with van der Waals surface area (Å²) in [5.41, 5.74) is 2.84. The normalized spacial score (nSPS) is 12.4. The number of nitrogens with one attached hydrogen (secondary N) is 3. The maximum atomic E-state index is 12.6. The molecule has 0 aliphatic heterocycles. The Kier molecular flexibility index (Phi) is 9.79. The molecule has 0 aliphatic carbocycles. The van der Waals surface area contributed by atoms with Crippen LogP contribution in [0.1, 0.15) is 58.8 Å². The smallest absolute Gasteiger partial charge is 0.408 e. The number of fused-ring (bicyclic) bond motifs is 1. The molecule has 4 heterocycles. The molecule has 13 heteroatoms. The second kappa shape index (κ2) is 13.4. The molecule has 13 nitrogen and oxygen atoms in total. The van der Waals surface area contributed by atoms with Crippen LogP contribution in [-0.2, 0) is 9.47 Å². The summed E-state index contributed by atoms with van der Waals surface area (Å²) >= 11 is 0. The number of nitrogens with zero attached hydrogens (tertiary/aromatic N) is 5. The van der Waals surface area contributed by atoms with E-state index < -0.39 is 29.4 Å². The molecular formula is C32H42N8O5. The average molecular weight is 619 g/mol. The molecule has 2 amide bonds. The number of ether oxygens (including phenoxy) is 3. The van der Waals surface area contributed by atoms with Gasteiger partial charge in [-0.25, -0.2) is 24.1 Å². The van der Waals surface area contributed by atoms with Crippen molar-refractivity contribution in [3.63, 3.8) is 0 Å². The number of pyridine rings is 2. The second-order valence-electron chi connectivity index (χ2n) is 12.7. The maximum absolute atomic E-state index is 12.6. The molecule has 0 bridgehead atoms. The molecule has 240 valence electrons. The summed E-state index contributed by atoms with van der Waals surface area (Å²) in [6.45, 7) is 16.4. The molecule has 0 radical (unpaired) electrons. The zero-order valence-electron chi connectivity index (χ0n) is 27.3. The van der Waals surface area contributed by atoms with Gasteiger partial charge in [0.25, 0.3) is 0 Å². The third kappa shape index (κ3) is 10.1. The number of anilines is 2. The van der Waals surface area contributed by atoms with Crippen LogP contribution in [0.25, 0.3) is 16.6 Å². The Balaban J connectivity index is 1.54. The van der Waals surface area contributed by atoms with E-state index in [9.17, 15) is 9.59 Å². The average Bonchev–Trinajstić information content (AvgIpc) is 3.29. The Hall–Kier alpha value is -4.94. The lowest BCUT2D eigenvalue weighted by Crippen LogP contribution is -2.49. The lowest BCUT2D eigenvalue weighted by molar-refractivity contribution is 0.0447. The third-order valence-corrected chi connectivity index (χ3v) is 6.05. The third-order valence-electron chi connectivity index (χ3n) is 6.05. The van der Waals surface area contributed by atoms with Gasteiger partial charge in [0.05, 0.1) is 17.8 Å². The van der Waals surface area contributed by atoms with E-state index >= 15 is 0 Å². The van der Waals surface area contributed by atoms with Crippen LogP contribution in [0.5, 0.6) is 5.75 Å². The molecule has 0 spiro atoms. The number of hydrogen-bond acceptors (Lipinski definition) is 10. The van der Waals surface area contributed by atoms with Gasteiger partial charge in [-0.05, 0) is 86.1 Å². The Morgan fingerprint density at radius 2 is 1.60 bits per heavy atom. The van der Waals surface area contributed by atoms with Gasteiger partial charge in [-0.1, -0.05) is 0 Å². The fourth-order valence-electron chi connectivity index (χ4n) is 4.36. The van der Waals surface area contributed by atoms with E-state index in [1.807, 2.05) is 57.3 Å². The Labute approximate surface area is 263 Å². The van der Waals surface area contributed by atoms with Gasteiger partial charge >= 0.3 is 12.2 Å². The van der Waals surface area contributed by atoms with Crippen LogP contribution in [0.15, 0.2) is 42.7 Å². The van der Waals surface area contributed by atoms with Crippen LogP contribution in [-0.4, -0.2) is 67.1 Å². The first kappa shape index (κ1) is 33.0. The largest absolute Gasteiger partial charge is 0.489 e. The first-order chi connectivity index (χ1) is 21.0. The highest BCUT2D eigenvalue weighted by Gasteiger charge is 2.23. The van der Waals surface area contributed by atoms with Crippen LogP contribution in [0.4, 0.5) is 21.2 Å². The second-order valence-corrected chi connectivity index (χ2v) is 12.7. The highest BCUT2D eigenvalue weighted by atomic mass is 16.6. The topological polar surface area (TPSA) is 154 Å². The summed E-state index contributed by atoms with van der Waals surface area (Å²) in [6.07, 6.45) is 2.27. The van der Waals surface area contributed by atoms with Crippen molar-refractivity contribution in [3.05, 3.63) is 59.9 Å². The number of alkyl carbamates (subject to hydrolysis) is 2. The number of carbonyl (C=O) groups is 2. The van der Waals surface area contributed by atoms with Crippen molar-refractivity contribution in [1.29, 1.82) is 0 Å². The molecule has 0 aromatic carbocycles. The Bertz CT molecular complexity index is 1650. The first-order valence-electron chi connectivity index (χ1n) is 14.7. The van der Waals surface area contributed by atoms with Gasteiger partial charge in [0.1, 0.15) is 35.2 Å². The molecule has 45 heavy (non-hydrogen) atoms. The molecule has 0 fully saturated rings. The number of carbonyl (C=O) groups excluding carboxylic acids is 2. The standard InChI is InChI=1S/C32H42N8O5/c1-19-12-25(22-10-11-40-24(14-22)15-28(39-40)38-27-13-20(2)35-21(3)36-27)26(17-33-19)43-18-23(37-30(42)45-32(7,8)9)16-34-29(41)44-31(4,5)6/h10-15,17,23H,16,18H2,1-9H3,(H,34,41)(H,37,42)(H,35,36,38,39). The molecule has 4 rings (SSSR count). The number of amides is 2. The summed E-state index contributed by atoms with van der Waals surface area (Å²) in [5, 5.41) is 13.3. The Morgan fingerprint density at radius 3 is 2.29 bits per heavy atom. The number of hydrogen-bond donors (Lipinski definition) is 3. The molecule has 1 unspecified atom stereocenters. The minimum Gasteiger partial charge on any atom is -0.489 e. The van der Waals surface area contributed by atoms with Gasteiger partial charge in [-0.3, -0.25) is 4.98 Å². The Morgan fingerprint density at radius 1 is 0.889 bits per heavy atom. The number of aromatic nitrogens is 5. The summed E-state index contributed by atoms with van der Waals surface area (Å²) in [5.74, 6) is 2.48. The van der Waals surface area contributed by atoms with E-state index in [4.69, 9.17) is 14.2 Å². The first-order valence-corrected chi connectivity index (χ1v) is 14.7. The molecular weight excluding hydrogens is 576 g/mol. The predicted octanol–water partition coefficient (Wildman–Crippen LogP) is 5.65. The van der Waals surface area contributed by atoms with E-state index in [0.29, 0.717) is 23.2 Å². The van der Waals surface area contributed by atoms with Crippen LogP contribution < -0.4 is 20.7 Å². The zero-order valence-corrected chi connectivity index (χ0v) is 27.3. The number of aryl methyl sites for hydroxylation is 3. The summed E-state index contributed by atoms with van der Waals surface area (Å²) in [4.78, 5) is 38.1. The fraction of sp³-hybridized carbons (Fsp3) is 0.438. The monoisotopic (exact) mass is 618 g/mol. The minimum atomic E-state index is -0.698. The fourth-order valence-corrected chi connectivity index (χ4v) is 4.36. The van der Waals surface area contributed by atoms with Crippen molar-refractivity contribution in [2.24, 2.45) is 0 Å². The van der Waals surface area contributed by atoms with Crippen LogP contribution in [0.3, 0.4) is 0 Å². The quantitative estimate of drug-likeness (QED) is 0.214. The van der Waals surface area contributed by atoms with Crippen molar-refractivity contribution >= 4 is 29.3 Å². The SMILES string of the molecule is Cc1cc(-c2ccn3nc(Nc4cc(C)nc(C)n4)cc3c2)c(OCC(CNC(=O)OC(C)(C)C)NC(=O)OC(C)(C)C)cn1. The molecule has 0 aliphatic rings. The van der Waals surface area contributed by atoms with Gasteiger partial charge in [0.2, 0.25) is 0 Å². The van der Waals surface area contributed by atoms with E-state index in [0.717, 1.165) is 28.0 Å². The summed E-state index contributed by atoms with van der Waals surface area (Å²) in [6, 6.07) is 9.01. The zero-order chi connectivity index (χ0) is 32.9. The predicted molar refractivity (Wildman–Crippen MR) is 171 cm³/mol. The van der Waals surface area contributed by atoms with Gasteiger partial charge < -0.3 is 30.2 Å². The highest BCUT2D eigenvalue weighted by Crippen LogP contribution is 2.31. The van der Waals surface area contributed by atoms with Crippen LogP contribution >= 0.6 is 0 Å². The molecule has 4 aromatic heterocycles.